The average Bonchev–Trinajstić information content (AvgIpc) is 3.48. The number of aliphatic hydroxyl groups is 1. The van der Waals surface area contributed by atoms with Crippen LogP contribution in [0.15, 0.2) is 90.6 Å². The van der Waals surface area contributed by atoms with Gasteiger partial charge in [-0.25, -0.2) is 4.79 Å². The minimum absolute atomic E-state index is 0.0196. The molecule has 2 fully saturated rings. The van der Waals surface area contributed by atoms with E-state index in [2.05, 4.69) is 17.1 Å². The summed E-state index contributed by atoms with van der Waals surface area (Å²) in [4.78, 5) is 61.0. The number of carboxylic acid groups (broad SMARTS) is 1. The van der Waals surface area contributed by atoms with Crippen molar-refractivity contribution in [1.82, 2.24) is 10.2 Å². The number of fused-ring (bicyclic) bond motifs is 3. The number of oxime groups is 1. The molecule has 1 saturated heterocycles. The van der Waals surface area contributed by atoms with Crippen LogP contribution in [0, 0.1) is 17.8 Å². The predicted molar refractivity (Wildman–Crippen MR) is 184 cm³/mol. The Labute approximate surface area is 289 Å². The maximum Gasteiger partial charge on any atom is 0.330 e. The molecule has 49 heavy (non-hydrogen) atoms. The second kappa shape index (κ2) is 13.6. The fourth-order valence-corrected chi connectivity index (χ4v) is 7.11. The number of amides is 2. The van der Waals surface area contributed by atoms with E-state index in [1.807, 2.05) is 48.5 Å². The molecule has 6 rings (SSSR count). The summed E-state index contributed by atoms with van der Waals surface area (Å²) in [7, 11) is 0. The van der Waals surface area contributed by atoms with Crippen molar-refractivity contribution in [3.63, 3.8) is 0 Å². The molecule has 11 heteroatoms. The van der Waals surface area contributed by atoms with E-state index in [9.17, 15) is 29.4 Å². The van der Waals surface area contributed by atoms with Gasteiger partial charge >= 0.3 is 5.97 Å². The zero-order valence-electron chi connectivity index (χ0n) is 27.2. The number of ketones is 1. The van der Waals surface area contributed by atoms with E-state index in [0.29, 0.717) is 16.3 Å². The Bertz CT molecular complexity index is 1790. The molecular weight excluding hydrogens is 646 g/mol. The molecular formula is C38H38ClN3O7. The third-order valence-corrected chi connectivity index (χ3v) is 10.0. The lowest BCUT2D eigenvalue weighted by Crippen LogP contribution is -2.55. The molecule has 2 aliphatic carbocycles. The number of carboxylic acids is 1. The number of benzene rings is 3. The zero-order valence-corrected chi connectivity index (χ0v) is 28.0. The summed E-state index contributed by atoms with van der Waals surface area (Å²) in [5.41, 5.74) is 3.53. The van der Waals surface area contributed by atoms with Gasteiger partial charge in [0, 0.05) is 34.9 Å². The standard InChI is InChI=1S/C38H38ClN3O7/c1-4-23-19-38(23,37(47)48)40-35(45)30-18-25(49-41-33-28-11-7-5-9-26(28)27-10-6-8-12-29(27)33)20-42(30)36(46)32(21(2)3)34(44)31(43)17-22-13-15-24(39)16-14-22/h4-16,21,23,25,30,32,34,44H,1,17-20H2,2-3H3,(H,40,45)(H,47,48)/t23-,25-,30+,32+,34?,38+/m1/s1. The fraction of sp³-hybridized carbons (Fsp3) is 0.342. The van der Waals surface area contributed by atoms with Crippen LogP contribution in [0.4, 0.5) is 0 Å². The SMILES string of the molecule is C=C[C@@H]1C[C@@]1(NC(=O)[C@@H]1C[C@@H](ON=C2c3ccccc3-c3ccccc32)CN1C(=O)[C@@H](C(C)C)C(O)C(=O)Cc1ccc(Cl)cc1)C(=O)O. The molecule has 1 unspecified atom stereocenters. The Balaban J connectivity index is 1.27. The number of likely N-dealkylation sites (tertiary alicyclic amines) is 1. The number of nitrogens with one attached hydrogen (secondary N) is 1. The lowest BCUT2D eigenvalue weighted by atomic mass is 9.85. The first-order chi connectivity index (χ1) is 23.4. The van der Waals surface area contributed by atoms with Crippen molar-refractivity contribution < 1.29 is 34.2 Å². The number of Topliss-reactive ketones (excluding diaryl/α,β-unsaturated/α-hetero) is 1. The van der Waals surface area contributed by atoms with Crippen LogP contribution in [0.1, 0.15) is 43.4 Å². The van der Waals surface area contributed by atoms with Crippen molar-refractivity contribution >= 4 is 40.9 Å². The molecule has 3 aliphatic rings. The van der Waals surface area contributed by atoms with Crippen LogP contribution in [0.25, 0.3) is 11.1 Å². The van der Waals surface area contributed by atoms with E-state index in [4.69, 9.17) is 16.4 Å². The third-order valence-electron chi connectivity index (χ3n) is 9.79. The molecule has 0 bridgehead atoms. The Morgan fingerprint density at radius 3 is 2.14 bits per heavy atom. The average molecular weight is 684 g/mol. The third kappa shape index (κ3) is 6.50. The van der Waals surface area contributed by atoms with Crippen molar-refractivity contribution in [2.75, 3.05) is 6.54 Å². The molecule has 1 heterocycles. The maximum absolute atomic E-state index is 14.3. The first-order valence-corrected chi connectivity index (χ1v) is 16.7. The molecule has 1 aliphatic heterocycles. The van der Waals surface area contributed by atoms with E-state index < -0.39 is 65.1 Å². The summed E-state index contributed by atoms with van der Waals surface area (Å²) in [5, 5.41) is 28.9. The van der Waals surface area contributed by atoms with Gasteiger partial charge in [-0.1, -0.05) is 97.3 Å². The van der Waals surface area contributed by atoms with E-state index in [1.54, 1.807) is 38.1 Å². The minimum atomic E-state index is -1.66. The number of hydrogen-bond donors (Lipinski definition) is 3. The number of halogens is 1. The Kier molecular flexibility index (Phi) is 9.46. The normalized spacial score (nSPS) is 23.2. The van der Waals surface area contributed by atoms with E-state index >= 15 is 0 Å². The quantitative estimate of drug-likeness (QED) is 0.146. The number of nitrogens with zero attached hydrogens (tertiary/aromatic N) is 2. The van der Waals surface area contributed by atoms with Gasteiger partial charge in [-0.2, -0.15) is 0 Å². The molecule has 1 saturated carbocycles. The van der Waals surface area contributed by atoms with Crippen molar-refractivity contribution in [3.8, 4) is 11.1 Å². The summed E-state index contributed by atoms with van der Waals surface area (Å²) in [6.45, 7) is 7.06. The first-order valence-electron chi connectivity index (χ1n) is 16.3. The van der Waals surface area contributed by atoms with Crippen LogP contribution in [-0.4, -0.2) is 74.7 Å². The summed E-state index contributed by atoms with van der Waals surface area (Å²) < 4.78 is 0. The molecule has 2 amide bonds. The van der Waals surface area contributed by atoms with Gasteiger partial charge in [0.2, 0.25) is 11.8 Å². The van der Waals surface area contributed by atoms with Crippen LogP contribution in [0.2, 0.25) is 5.02 Å². The summed E-state index contributed by atoms with van der Waals surface area (Å²) in [6, 6.07) is 21.1. The Hall–Kier alpha value is -4.80. The molecule has 6 atom stereocenters. The highest BCUT2D eigenvalue weighted by molar-refractivity contribution is 6.30. The highest BCUT2D eigenvalue weighted by Gasteiger charge is 2.61. The lowest BCUT2D eigenvalue weighted by molar-refractivity contribution is -0.151. The minimum Gasteiger partial charge on any atom is -0.479 e. The van der Waals surface area contributed by atoms with Gasteiger partial charge in [-0.3, -0.25) is 14.4 Å². The number of carbonyl (C=O) groups excluding carboxylic acids is 3. The maximum atomic E-state index is 14.3. The molecule has 3 N–H and O–H groups in total. The number of aliphatic carboxylic acids is 1. The van der Waals surface area contributed by atoms with Gasteiger partial charge in [0.1, 0.15) is 29.5 Å². The van der Waals surface area contributed by atoms with E-state index in [-0.39, 0.29) is 25.8 Å². The van der Waals surface area contributed by atoms with Crippen LogP contribution >= 0.6 is 11.6 Å². The van der Waals surface area contributed by atoms with Crippen LogP contribution in [-0.2, 0) is 30.4 Å². The zero-order chi connectivity index (χ0) is 35.0. The van der Waals surface area contributed by atoms with Crippen LogP contribution in [0.5, 0.6) is 0 Å². The van der Waals surface area contributed by atoms with Crippen molar-refractivity contribution in [1.29, 1.82) is 0 Å². The van der Waals surface area contributed by atoms with Gasteiger partial charge in [0.05, 0.1) is 12.5 Å². The highest BCUT2D eigenvalue weighted by atomic mass is 35.5. The van der Waals surface area contributed by atoms with Gasteiger partial charge in [0.15, 0.2) is 5.78 Å². The molecule has 3 aromatic rings. The monoisotopic (exact) mass is 683 g/mol. The summed E-state index contributed by atoms with van der Waals surface area (Å²) in [5.74, 6) is -5.14. The van der Waals surface area contributed by atoms with Crippen molar-refractivity contribution in [3.05, 3.63) is 107 Å². The van der Waals surface area contributed by atoms with Crippen LogP contribution < -0.4 is 5.32 Å². The molecule has 0 radical (unpaired) electrons. The molecule has 0 spiro atoms. The second-order valence-corrected chi connectivity index (χ2v) is 13.7. The number of aliphatic hydroxyl groups excluding tert-OH is 1. The molecule has 10 nitrogen and oxygen atoms in total. The van der Waals surface area contributed by atoms with Crippen molar-refractivity contribution in [2.24, 2.45) is 22.9 Å². The smallest absolute Gasteiger partial charge is 0.330 e. The summed E-state index contributed by atoms with van der Waals surface area (Å²) in [6.07, 6.45) is -0.824. The molecule has 3 aromatic carbocycles. The topological polar surface area (TPSA) is 146 Å². The van der Waals surface area contributed by atoms with Gasteiger partial charge in [-0.15, -0.1) is 6.58 Å². The van der Waals surface area contributed by atoms with Gasteiger partial charge < -0.3 is 25.3 Å². The fourth-order valence-electron chi connectivity index (χ4n) is 6.99. The van der Waals surface area contributed by atoms with Gasteiger partial charge in [-0.05, 0) is 41.2 Å². The number of rotatable bonds is 12. The van der Waals surface area contributed by atoms with E-state index in [1.165, 1.54) is 11.0 Å². The second-order valence-electron chi connectivity index (χ2n) is 13.3. The first kappa shape index (κ1) is 34.1. The van der Waals surface area contributed by atoms with Crippen molar-refractivity contribution in [2.45, 2.75) is 56.9 Å². The van der Waals surface area contributed by atoms with Crippen LogP contribution in [0.3, 0.4) is 0 Å². The van der Waals surface area contributed by atoms with E-state index in [0.717, 1.165) is 22.3 Å². The Morgan fingerprint density at radius 1 is 1.02 bits per heavy atom. The number of hydrogen-bond acceptors (Lipinski definition) is 7. The highest BCUT2D eigenvalue weighted by Crippen LogP contribution is 2.45. The summed E-state index contributed by atoms with van der Waals surface area (Å²) >= 11 is 5.98. The number of carbonyl (C=O) groups is 4. The lowest BCUT2D eigenvalue weighted by Gasteiger charge is -2.32. The van der Waals surface area contributed by atoms with Gasteiger partial charge in [0.25, 0.3) is 0 Å². The molecule has 254 valence electrons. The largest absolute Gasteiger partial charge is 0.479 e. The molecule has 0 aromatic heterocycles. The Morgan fingerprint density at radius 2 is 1.61 bits per heavy atom. The predicted octanol–water partition coefficient (Wildman–Crippen LogP) is 4.65.